The highest BCUT2D eigenvalue weighted by molar-refractivity contribution is 14.0. The van der Waals surface area contributed by atoms with Crippen molar-refractivity contribution in [3.63, 3.8) is 0 Å². The lowest BCUT2D eigenvalue weighted by atomic mass is 10.3. The lowest BCUT2D eigenvalue weighted by Gasteiger charge is -2.36. The normalized spacial score (nSPS) is 14.9. The second kappa shape index (κ2) is 11.2. The molecule has 1 aromatic heterocycles. The Bertz CT molecular complexity index is 584. The van der Waals surface area contributed by atoms with Gasteiger partial charge in [0, 0.05) is 51.9 Å². The fourth-order valence-electron chi connectivity index (χ4n) is 2.64. The van der Waals surface area contributed by atoms with E-state index in [1.165, 1.54) is 0 Å². The summed E-state index contributed by atoms with van der Waals surface area (Å²) in [6.07, 6.45) is 1.92. The molecule has 0 atom stereocenters. The molecule has 0 spiro atoms. The van der Waals surface area contributed by atoms with Crippen LogP contribution in [0.2, 0.25) is 0 Å². The van der Waals surface area contributed by atoms with E-state index in [0.29, 0.717) is 12.4 Å². The van der Waals surface area contributed by atoms with Crippen LogP contribution in [0.4, 0.5) is 0 Å². The summed E-state index contributed by atoms with van der Waals surface area (Å²) in [5.41, 5.74) is 1.04. The number of aliphatic imine (C=N–C) groups is 1. The van der Waals surface area contributed by atoms with E-state index >= 15 is 0 Å². The number of guanidine groups is 1. The van der Waals surface area contributed by atoms with Gasteiger partial charge in [-0.15, -0.1) is 24.0 Å². The molecule has 26 heavy (non-hydrogen) atoms. The van der Waals surface area contributed by atoms with Crippen LogP contribution in [0.5, 0.6) is 5.88 Å². The lowest BCUT2D eigenvalue weighted by molar-refractivity contribution is -0.130. The van der Waals surface area contributed by atoms with Crippen molar-refractivity contribution >= 4 is 35.8 Å². The minimum absolute atomic E-state index is 0. The Kier molecular flexibility index (Phi) is 9.68. The molecule has 0 unspecified atom stereocenters. The molecule has 0 radical (unpaired) electrons. The fraction of sp³-hybridized carbons (Fsp3) is 0.611. The van der Waals surface area contributed by atoms with Crippen molar-refractivity contribution in [2.75, 3.05) is 32.7 Å². The van der Waals surface area contributed by atoms with Crippen LogP contribution in [0, 0.1) is 0 Å². The SMILES string of the molecule is CCNC(=NCc1ccc(OC(C)C)nc1)N1CCN(C(C)=O)CC1.I. The van der Waals surface area contributed by atoms with Gasteiger partial charge in [-0.1, -0.05) is 6.07 Å². The van der Waals surface area contributed by atoms with Crippen LogP contribution in [-0.4, -0.2) is 65.5 Å². The molecule has 1 aliphatic rings. The third-order valence-electron chi connectivity index (χ3n) is 3.92. The first kappa shape index (κ1) is 22.5. The van der Waals surface area contributed by atoms with Crippen molar-refractivity contribution in [2.45, 2.75) is 40.3 Å². The summed E-state index contributed by atoms with van der Waals surface area (Å²) < 4.78 is 5.56. The van der Waals surface area contributed by atoms with Gasteiger partial charge in [0.15, 0.2) is 5.96 Å². The van der Waals surface area contributed by atoms with Crippen molar-refractivity contribution in [1.29, 1.82) is 0 Å². The molecular weight excluding hydrogens is 445 g/mol. The van der Waals surface area contributed by atoms with Crippen LogP contribution in [0.1, 0.15) is 33.3 Å². The molecule has 8 heteroatoms. The van der Waals surface area contributed by atoms with E-state index in [1.54, 1.807) is 13.1 Å². The topological polar surface area (TPSA) is 70.1 Å². The van der Waals surface area contributed by atoms with Crippen molar-refractivity contribution in [3.8, 4) is 5.88 Å². The first-order valence-corrected chi connectivity index (χ1v) is 8.90. The zero-order chi connectivity index (χ0) is 18.2. The van der Waals surface area contributed by atoms with E-state index in [4.69, 9.17) is 9.73 Å². The van der Waals surface area contributed by atoms with Crippen LogP contribution in [0.15, 0.2) is 23.3 Å². The fourth-order valence-corrected chi connectivity index (χ4v) is 2.64. The molecule has 0 aromatic carbocycles. The molecule has 1 aliphatic heterocycles. The maximum absolute atomic E-state index is 11.5. The number of hydrogen-bond donors (Lipinski definition) is 1. The number of rotatable bonds is 5. The molecule has 2 heterocycles. The Hall–Kier alpha value is -1.58. The largest absolute Gasteiger partial charge is 0.475 e. The van der Waals surface area contributed by atoms with E-state index < -0.39 is 0 Å². The number of carbonyl (C=O) groups is 1. The van der Waals surface area contributed by atoms with E-state index in [-0.39, 0.29) is 36.0 Å². The zero-order valence-corrected chi connectivity index (χ0v) is 18.4. The molecule has 0 saturated carbocycles. The summed E-state index contributed by atoms with van der Waals surface area (Å²) >= 11 is 0. The van der Waals surface area contributed by atoms with E-state index in [1.807, 2.05) is 30.9 Å². The second-order valence-corrected chi connectivity index (χ2v) is 6.33. The summed E-state index contributed by atoms with van der Waals surface area (Å²) in [6.45, 7) is 12.1. The van der Waals surface area contributed by atoms with Crippen molar-refractivity contribution in [1.82, 2.24) is 20.1 Å². The van der Waals surface area contributed by atoms with E-state index in [9.17, 15) is 4.79 Å². The van der Waals surface area contributed by atoms with Crippen molar-refractivity contribution in [2.24, 2.45) is 4.99 Å². The van der Waals surface area contributed by atoms with Crippen LogP contribution in [0.25, 0.3) is 0 Å². The standard InChI is InChI=1S/C18H29N5O2.HI/c1-5-19-18(23-10-8-22(9-11-23)15(4)24)21-13-16-6-7-17(20-12-16)25-14(2)3;/h6-7,12,14H,5,8-11,13H2,1-4H3,(H,19,21);1H. The number of carbonyl (C=O) groups excluding carboxylic acids is 1. The molecule has 0 aliphatic carbocycles. The van der Waals surface area contributed by atoms with Crippen LogP contribution in [0.3, 0.4) is 0 Å². The summed E-state index contributed by atoms with van der Waals surface area (Å²) in [6, 6.07) is 3.87. The van der Waals surface area contributed by atoms with Gasteiger partial charge in [-0.05, 0) is 26.3 Å². The molecular formula is C18H30IN5O2. The van der Waals surface area contributed by atoms with Crippen molar-refractivity contribution in [3.05, 3.63) is 23.9 Å². The molecule has 1 amide bonds. The first-order chi connectivity index (χ1) is 12.0. The van der Waals surface area contributed by atoms with Gasteiger partial charge in [-0.3, -0.25) is 4.79 Å². The summed E-state index contributed by atoms with van der Waals surface area (Å²) in [5.74, 6) is 1.65. The van der Waals surface area contributed by atoms with Gasteiger partial charge in [0.2, 0.25) is 11.8 Å². The molecule has 1 fully saturated rings. The maximum Gasteiger partial charge on any atom is 0.219 e. The average Bonchev–Trinajstić information content (AvgIpc) is 2.59. The van der Waals surface area contributed by atoms with Crippen LogP contribution < -0.4 is 10.1 Å². The molecule has 7 nitrogen and oxygen atoms in total. The number of hydrogen-bond acceptors (Lipinski definition) is 4. The number of ether oxygens (including phenoxy) is 1. The Morgan fingerprint density at radius 1 is 1.27 bits per heavy atom. The maximum atomic E-state index is 11.5. The first-order valence-electron chi connectivity index (χ1n) is 8.90. The van der Waals surface area contributed by atoms with Gasteiger partial charge in [-0.2, -0.15) is 0 Å². The predicted molar refractivity (Wildman–Crippen MR) is 114 cm³/mol. The summed E-state index contributed by atoms with van der Waals surface area (Å²) in [5, 5.41) is 3.33. The molecule has 1 saturated heterocycles. The highest BCUT2D eigenvalue weighted by Gasteiger charge is 2.20. The zero-order valence-electron chi connectivity index (χ0n) is 16.1. The summed E-state index contributed by atoms with van der Waals surface area (Å²) in [4.78, 5) is 24.6. The molecule has 2 rings (SSSR count). The smallest absolute Gasteiger partial charge is 0.219 e. The monoisotopic (exact) mass is 475 g/mol. The van der Waals surface area contributed by atoms with Gasteiger partial charge in [0.25, 0.3) is 0 Å². The highest BCUT2D eigenvalue weighted by Crippen LogP contribution is 2.11. The number of nitrogens with one attached hydrogen (secondary N) is 1. The number of aromatic nitrogens is 1. The number of piperazine rings is 1. The van der Waals surface area contributed by atoms with E-state index in [0.717, 1.165) is 44.2 Å². The molecule has 146 valence electrons. The Morgan fingerprint density at radius 2 is 1.92 bits per heavy atom. The average molecular weight is 475 g/mol. The Labute approximate surface area is 173 Å². The van der Waals surface area contributed by atoms with Gasteiger partial charge < -0.3 is 19.9 Å². The minimum Gasteiger partial charge on any atom is -0.475 e. The van der Waals surface area contributed by atoms with E-state index in [2.05, 4.69) is 22.1 Å². The van der Waals surface area contributed by atoms with Crippen LogP contribution in [-0.2, 0) is 11.3 Å². The Balaban J connectivity index is 0.00000338. The van der Waals surface area contributed by atoms with Gasteiger partial charge in [-0.25, -0.2) is 9.98 Å². The lowest BCUT2D eigenvalue weighted by Crippen LogP contribution is -2.53. The number of nitrogens with zero attached hydrogens (tertiary/aromatic N) is 4. The predicted octanol–water partition coefficient (Wildman–Crippen LogP) is 2.12. The second-order valence-electron chi connectivity index (χ2n) is 6.33. The molecule has 1 N–H and O–H groups in total. The number of halogens is 1. The van der Waals surface area contributed by atoms with Crippen molar-refractivity contribution < 1.29 is 9.53 Å². The molecule has 0 bridgehead atoms. The van der Waals surface area contributed by atoms with Crippen LogP contribution >= 0.6 is 24.0 Å². The van der Waals surface area contributed by atoms with Gasteiger partial charge in [0.05, 0.1) is 12.6 Å². The third kappa shape index (κ3) is 6.97. The molecule has 1 aromatic rings. The quantitative estimate of drug-likeness (QED) is 0.402. The summed E-state index contributed by atoms with van der Waals surface area (Å²) in [7, 11) is 0. The highest BCUT2D eigenvalue weighted by atomic mass is 127. The Morgan fingerprint density at radius 3 is 2.42 bits per heavy atom. The van der Waals surface area contributed by atoms with Gasteiger partial charge >= 0.3 is 0 Å². The number of pyridine rings is 1. The number of amides is 1. The third-order valence-corrected chi connectivity index (χ3v) is 3.92. The van der Waals surface area contributed by atoms with Gasteiger partial charge in [0.1, 0.15) is 0 Å². The minimum atomic E-state index is 0.